The highest BCUT2D eigenvalue weighted by Gasteiger charge is 2.43. The van der Waals surface area contributed by atoms with Crippen molar-refractivity contribution in [2.75, 3.05) is 6.54 Å². The number of imide groups is 1. The lowest BCUT2D eigenvalue weighted by Gasteiger charge is -2.22. The molecule has 0 radical (unpaired) electrons. The quantitative estimate of drug-likeness (QED) is 0.779. The number of carbonyl (C=O) groups excluding carboxylic acids is 2. The SMILES string of the molecule is O=C1CC(NCC(F)(F)F)C(=O)N1C1CCCC1. The van der Waals surface area contributed by atoms with Crippen molar-refractivity contribution in [3.63, 3.8) is 0 Å². The number of hydrogen-bond acceptors (Lipinski definition) is 3. The highest BCUT2D eigenvalue weighted by Crippen LogP contribution is 2.28. The molecule has 1 heterocycles. The molecule has 2 rings (SSSR count). The van der Waals surface area contributed by atoms with E-state index in [4.69, 9.17) is 0 Å². The maximum absolute atomic E-state index is 12.1. The normalized spacial score (nSPS) is 26.4. The van der Waals surface area contributed by atoms with Gasteiger partial charge in [-0.15, -0.1) is 0 Å². The molecule has 1 saturated carbocycles. The molecule has 2 aliphatic rings. The Morgan fingerprint density at radius 2 is 1.83 bits per heavy atom. The minimum atomic E-state index is -4.37. The van der Waals surface area contributed by atoms with Crippen LogP contribution < -0.4 is 5.32 Å². The predicted molar refractivity (Wildman–Crippen MR) is 56.6 cm³/mol. The van der Waals surface area contributed by atoms with Crippen molar-refractivity contribution in [3.8, 4) is 0 Å². The molecule has 1 N–H and O–H groups in total. The summed E-state index contributed by atoms with van der Waals surface area (Å²) in [4.78, 5) is 24.8. The van der Waals surface area contributed by atoms with Gasteiger partial charge in [-0.1, -0.05) is 12.8 Å². The molecular formula is C11H15F3N2O2. The fourth-order valence-corrected chi connectivity index (χ4v) is 2.60. The number of hydrogen-bond donors (Lipinski definition) is 1. The predicted octanol–water partition coefficient (Wildman–Crippen LogP) is 1.21. The molecular weight excluding hydrogens is 249 g/mol. The molecule has 1 atom stereocenters. The lowest BCUT2D eigenvalue weighted by molar-refractivity contribution is -0.142. The second-order valence-electron chi connectivity index (χ2n) is 4.79. The summed E-state index contributed by atoms with van der Waals surface area (Å²) in [5.41, 5.74) is 0. The summed E-state index contributed by atoms with van der Waals surface area (Å²) in [5.74, 6) is -0.859. The number of amides is 2. The van der Waals surface area contributed by atoms with Gasteiger partial charge in [-0.25, -0.2) is 0 Å². The van der Waals surface area contributed by atoms with Crippen LogP contribution in [0.2, 0.25) is 0 Å². The largest absolute Gasteiger partial charge is 0.401 e. The topological polar surface area (TPSA) is 49.4 Å². The number of carbonyl (C=O) groups is 2. The van der Waals surface area contributed by atoms with Gasteiger partial charge in [-0.05, 0) is 12.8 Å². The molecule has 0 aromatic carbocycles. The van der Waals surface area contributed by atoms with Crippen LogP contribution in [0, 0.1) is 0 Å². The summed E-state index contributed by atoms with van der Waals surface area (Å²) < 4.78 is 36.2. The van der Waals surface area contributed by atoms with Gasteiger partial charge in [0, 0.05) is 6.04 Å². The van der Waals surface area contributed by atoms with Gasteiger partial charge in [0.2, 0.25) is 11.8 Å². The first kappa shape index (κ1) is 13.3. The smallest absolute Gasteiger partial charge is 0.297 e. The van der Waals surface area contributed by atoms with Gasteiger partial charge in [-0.3, -0.25) is 19.8 Å². The van der Waals surface area contributed by atoms with Crippen LogP contribution in [0.25, 0.3) is 0 Å². The van der Waals surface area contributed by atoms with Gasteiger partial charge in [0.15, 0.2) is 0 Å². The van der Waals surface area contributed by atoms with Crippen LogP contribution in [0.3, 0.4) is 0 Å². The molecule has 1 saturated heterocycles. The average molecular weight is 264 g/mol. The maximum Gasteiger partial charge on any atom is 0.401 e. The first-order chi connectivity index (χ1) is 8.38. The van der Waals surface area contributed by atoms with Crippen LogP contribution in [-0.2, 0) is 9.59 Å². The molecule has 1 unspecified atom stereocenters. The van der Waals surface area contributed by atoms with E-state index in [9.17, 15) is 22.8 Å². The third kappa shape index (κ3) is 2.82. The summed E-state index contributed by atoms with van der Waals surface area (Å²) in [7, 11) is 0. The van der Waals surface area contributed by atoms with Gasteiger partial charge in [0.1, 0.15) is 0 Å². The Hall–Kier alpha value is -1.11. The van der Waals surface area contributed by atoms with Crippen LogP contribution >= 0.6 is 0 Å². The van der Waals surface area contributed by atoms with E-state index >= 15 is 0 Å². The Morgan fingerprint density at radius 3 is 2.39 bits per heavy atom. The average Bonchev–Trinajstić information content (AvgIpc) is 2.83. The highest BCUT2D eigenvalue weighted by molar-refractivity contribution is 6.05. The maximum atomic E-state index is 12.1. The van der Waals surface area contributed by atoms with Gasteiger partial charge in [0.25, 0.3) is 0 Å². The number of rotatable bonds is 3. The number of halogens is 3. The van der Waals surface area contributed by atoms with E-state index in [-0.39, 0.29) is 18.4 Å². The Balaban J connectivity index is 1.96. The lowest BCUT2D eigenvalue weighted by atomic mass is 10.2. The molecule has 7 heteroatoms. The van der Waals surface area contributed by atoms with Crippen LogP contribution in [0.4, 0.5) is 13.2 Å². The molecule has 2 amide bonds. The van der Waals surface area contributed by atoms with E-state index in [2.05, 4.69) is 5.32 Å². The van der Waals surface area contributed by atoms with Gasteiger partial charge >= 0.3 is 6.18 Å². The van der Waals surface area contributed by atoms with E-state index in [1.165, 1.54) is 4.90 Å². The van der Waals surface area contributed by atoms with E-state index in [0.717, 1.165) is 25.7 Å². The lowest BCUT2D eigenvalue weighted by Crippen LogP contribution is -2.45. The summed E-state index contributed by atoms with van der Waals surface area (Å²) in [6, 6.07) is -1.12. The van der Waals surface area contributed by atoms with Crippen molar-refractivity contribution < 1.29 is 22.8 Å². The molecule has 0 bridgehead atoms. The summed E-state index contributed by atoms with van der Waals surface area (Å²) in [5, 5.41) is 2.12. The van der Waals surface area contributed by atoms with E-state index in [1.807, 2.05) is 0 Å². The fraction of sp³-hybridized carbons (Fsp3) is 0.818. The number of likely N-dealkylation sites (tertiary alicyclic amines) is 1. The fourth-order valence-electron chi connectivity index (χ4n) is 2.60. The van der Waals surface area contributed by atoms with Crippen molar-refractivity contribution in [3.05, 3.63) is 0 Å². The van der Waals surface area contributed by atoms with Crippen LogP contribution in [0.15, 0.2) is 0 Å². The van der Waals surface area contributed by atoms with Crippen LogP contribution in [0.1, 0.15) is 32.1 Å². The van der Waals surface area contributed by atoms with Gasteiger partial charge in [0.05, 0.1) is 19.0 Å². The monoisotopic (exact) mass is 264 g/mol. The van der Waals surface area contributed by atoms with Gasteiger partial charge in [-0.2, -0.15) is 13.2 Å². The Morgan fingerprint density at radius 1 is 1.22 bits per heavy atom. The Bertz CT molecular complexity index is 351. The molecule has 0 spiro atoms. The van der Waals surface area contributed by atoms with E-state index in [0.29, 0.717) is 0 Å². The first-order valence-corrected chi connectivity index (χ1v) is 6.04. The third-order valence-electron chi connectivity index (χ3n) is 3.42. The molecule has 4 nitrogen and oxygen atoms in total. The number of alkyl halides is 3. The van der Waals surface area contributed by atoms with Crippen molar-refractivity contribution in [1.82, 2.24) is 10.2 Å². The van der Waals surface area contributed by atoms with Crippen molar-refractivity contribution in [1.29, 1.82) is 0 Å². The molecule has 2 fully saturated rings. The van der Waals surface area contributed by atoms with Crippen molar-refractivity contribution in [2.45, 2.75) is 50.4 Å². The summed E-state index contributed by atoms with van der Waals surface area (Å²) in [6.07, 6.45) is -1.08. The highest BCUT2D eigenvalue weighted by atomic mass is 19.4. The third-order valence-corrected chi connectivity index (χ3v) is 3.42. The van der Waals surface area contributed by atoms with E-state index < -0.39 is 24.7 Å². The molecule has 102 valence electrons. The zero-order chi connectivity index (χ0) is 13.3. The molecule has 0 aromatic rings. The molecule has 0 aromatic heterocycles. The summed E-state index contributed by atoms with van der Waals surface area (Å²) >= 11 is 0. The first-order valence-electron chi connectivity index (χ1n) is 6.04. The number of nitrogens with one attached hydrogen (secondary N) is 1. The molecule has 1 aliphatic carbocycles. The molecule has 18 heavy (non-hydrogen) atoms. The van der Waals surface area contributed by atoms with Crippen LogP contribution in [-0.4, -0.2) is 41.5 Å². The van der Waals surface area contributed by atoms with Crippen molar-refractivity contribution >= 4 is 11.8 Å². The second-order valence-corrected chi connectivity index (χ2v) is 4.79. The molecule has 1 aliphatic heterocycles. The zero-order valence-corrected chi connectivity index (χ0v) is 9.79. The van der Waals surface area contributed by atoms with E-state index in [1.54, 1.807) is 0 Å². The second kappa shape index (κ2) is 4.87. The van der Waals surface area contributed by atoms with Gasteiger partial charge < -0.3 is 0 Å². The van der Waals surface area contributed by atoms with Crippen molar-refractivity contribution in [2.24, 2.45) is 0 Å². The minimum Gasteiger partial charge on any atom is -0.297 e. The summed E-state index contributed by atoms with van der Waals surface area (Å²) in [6.45, 7) is -1.24. The Kier molecular flexibility index (Phi) is 3.61. The standard InChI is InChI=1S/C11H15F3N2O2/c12-11(13,14)6-15-8-5-9(17)16(10(8)18)7-3-1-2-4-7/h7-8,15H,1-6H2. The Labute approximate surface area is 103 Å². The number of nitrogens with zero attached hydrogens (tertiary/aromatic N) is 1. The zero-order valence-electron chi connectivity index (χ0n) is 9.79. The minimum absolute atomic E-state index is 0.109. The van der Waals surface area contributed by atoms with Crippen LogP contribution in [0.5, 0.6) is 0 Å².